The number of para-hydroxylation sites is 2. The lowest BCUT2D eigenvalue weighted by Gasteiger charge is -2.22. The van der Waals surface area contributed by atoms with Gasteiger partial charge < -0.3 is 15.0 Å². The molecule has 0 unspecified atom stereocenters. The number of rotatable bonds is 7. The molecule has 0 aliphatic heterocycles. The number of nitrogens with one attached hydrogen (secondary N) is 1. The maximum absolute atomic E-state index is 12.4. The van der Waals surface area contributed by atoms with E-state index in [0.29, 0.717) is 10.8 Å². The fourth-order valence-electron chi connectivity index (χ4n) is 2.32. The monoisotopic (exact) mass is 392 g/mol. The number of carbonyl (C=O) groups is 2. The van der Waals surface area contributed by atoms with Crippen LogP contribution in [-0.2, 0) is 9.59 Å². The second-order valence-corrected chi connectivity index (χ2v) is 6.89. The lowest BCUT2D eigenvalue weighted by Crippen LogP contribution is -2.42. The number of ether oxygens (including phenoxy) is 1. The van der Waals surface area contributed by atoms with Crippen molar-refractivity contribution in [3.8, 4) is 5.75 Å². The minimum atomic E-state index is -0.758. The van der Waals surface area contributed by atoms with E-state index in [1.807, 2.05) is 30.5 Å². The number of likely N-dealkylation sites (N-methyl/N-ethyl adjacent to an activating group) is 1. The van der Waals surface area contributed by atoms with E-state index in [1.165, 1.54) is 4.90 Å². The molecule has 0 radical (unpaired) electrons. The maximum Gasteiger partial charge on any atom is 0.263 e. The minimum absolute atomic E-state index is 0.0717. The molecule has 1 atom stereocenters. The molecule has 0 saturated carbocycles. The summed E-state index contributed by atoms with van der Waals surface area (Å²) in [5.41, 5.74) is 0.728. The lowest BCUT2D eigenvalue weighted by molar-refractivity contribution is -0.139. The van der Waals surface area contributed by atoms with Crippen LogP contribution in [0.15, 0.2) is 53.4 Å². The summed E-state index contributed by atoms with van der Waals surface area (Å²) < 4.78 is 5.61. The van der Waals surface area contributed by atoms with E-state index in [4.69, 9.17) is 16.3 Å². The van der Waals surface area contributed by atoms with Crippen LogP contribution in [-0.4, -0.2) is 42.7 Å². The Kier molecular flexibility index (Phi) is 7.36. The van der Waals surface area contributed by atoms with Gasteiger partial charge in [-0.1, -0.05) is 35.9 Å². The maximum atomic E-state index is 12.4. The Morgan fingerprint density at radius 2 is 1.85 bits per heavy atom. The predicted molar refractivity (Wildman–Crippen MR) is 106 cm³/mol. The minimum Gasteiger partial charge on any atom is -0.479 e. The third kappa shape index (κ3) is 5.41. The molecule has 2 amide bonds. The van der Waals surface area contributed by atoms with Crippen LogP contribution in [0.1, 0.15) is 6.92 Å². The van der Waals surface area contributed by atoms with E-state index >= 15 is 0 Å². The van der Waals surface area contributed by atoms with Gasteiger partial charge in [0, 0.05) is 11.9 Å². The molecule has 138 valence electrons. The Bertz CT molecular complexity index is 785. The quantitative estimate of drug-likeness (QED) is 0.725. The molecule has 7 heteroatoms. The van der Waals surface area contributed by atoms with Crippen molar-refractivity contribution in [3.05, 3.63) is 53.6 Å². The molecule has 0 aromatic heterocycles. The molecule has 0 heterocycles. The average Bonchev–Trinajstić information content (AvgIpc) is 2.63. The molecule has 2 aromatic rings. The number of amides is 2. The highest BCUT2D eigenvalue weighted by atomic mass is 35.5. The zero-order valence-corrected chi connectivity index (χ0v) is 16.4. The largest absolute Gasteiger partial charge is 0.479 e. The van der Waals surface area contributed by atoms with Gasteiger partial charge in [0.2, 0.25) is 5.91 Å². The van der Waals surface area contributed by atoms with Gasteiger partial charge in [-0.2, -0.15) is 0 Å². The summed E-state index contributed by atoms with van der Waals surface area (Å²) in [6.45, 7) is 1.56. The van der Waals surface area contributed by atoms with Crippen LogP contribution in [0.25, 0.3) is 0 Å². The van der Waals surface area contributed by atoms with Gasteiger partial charge in [0.1, 0.15) is 5.75 Å². The molecule has 0 spiro atoms. The number of benzene rings is 2. The van der Waals surface area contributed by atoms with Crippen molar-refractivity contribution in [1.82, 2.24) is 4.90 Å². The van der Waals surface area contributed by atoms with E-state index in [1.54, 1.807) is 50.0 Å². The highest BCUT2D eigenvalue weighted by Crippen LogP contribution is 2.25. The normalized spacial score (nSPS) is 11.5. The Balaban J connectivity index is 1.93. The Morgan fingerprint density at radius 3 is 2.54 bits per heavy atom. The number of thioether (sulfide) groups is 1. The summed E-state index contributed by atoms with van der Waals surface area (Å²) >= 11 is 7.58. The summed E-state index contributed by atoms with van der Waals surface area (Å²) in [5, 5.41) is 3.26. The summed E-state index contributed by atoms with van der Waals surface area (Å²) in [5.74, 6) is -0.146. The van der Waals surface area contributed by atoms with Gasteiger partial charge in [0.25, 0.3) is 5.91 Å². The van der Waals surface area contributed by atoms with Gasteiger partial charge in [0.05, 0.1) is 17.3 Å². The van der Waals surface area contributed by atoms with Crippen molar-refractivity contribution in [1.29, 1.82) is 0 Å². The molecule has 0 aliphatic rings. The van der Waals surface area contributed by atoms with E-state index in [2.05, 4.69) is 5.32 Å². The Labute approximate surface area is 162 Å². The Hall–Kier alpha value is -2.18. The van der Waals surface area contributed by atoms with Crippen LogP contribution >= 0.6 is 23.4 Å². The zero-order chi connectivity index (χ0) is 19.1. The van der Waals surface area contributed by atoms with Crippen molar-refractivity contribution in [2.45, 2.75) is 17.9 Å². The van der Waals surface area contributed by atoms with Crippen LogP contribution in [0, 0.1) is 0 Å². The average molecular weight is 393 g/mol. The van der Waals surface area contributed by atoms with Gasteiger partial charge in [0.15, 0.2) is 6.10 Å². The van der Waals surface area contributed by atoms with Crippen molar-refractivity contribution < 1.29 is 14.3 Å². The van der Waals surface area contributed by atoms with Gasteiger partial charge in [-0.25, -0.2) is 0 Å². The first-order valence-electron chi connectivity index (χ1n) is 8.01. The number of hydrogen-bond donors (Lipinski definition) is 1. The second kappa shape index (κ2) is 9.50. The molecule has 0 fully saturated rings. The van der Waals surface area contributed by atoms with Gasteiger partial charge in [-0.15, -0.1) is 11.8 Å². The number of halogens is 1. The molecule has 2 rings (SSSR count). The number of anilines is 1. The molecular weight excluding hydrogens is 372 g/mol. The SMILES string of the molecule is CSc1ccccc1NC(=O)CN(C)C(=O)[C@@H](C)Oc1ccccc1Cl. The molecule has 0 bridgehead atoms. The zero-order valence-electron chi connectivity index (χ0n) is 14.9. The molecule has 5 nitrogen and oxygen atoms in total. The summed E-state index contributed by atoms with van der Waals surface area (Å²) in [4.78, 5) is 27.0. The number of nitrogens with zero attached hydrogens (tertiary/aromatic N) is 1. The van der Waals surface area contributed by atoms with Crippen LogP contribution in [0.4, 0.5) is 5.69 Å². The van der Waals surface area contributed by atoms with Crippen LogP contribution in [0.3, 0.4) is 0 Å². The van der Waals surface area contributed by atoms with E-state index in [0.717, 1.165) is 10.6 Å². The topological polar surface area (TPSA) is 58.6 Å². The summed E-state index contributed by atoms with van der Waals surface area (Å²) in [6.07, 6.45) is 1.18. The highest BCUT2D eigenvalue weighted by molar-refractivity contribution is 7.98. The van der Waals surface area contributed by atoms with Crippen molar-refractivity contribution >= 4 is 40.9 Å². The number of carbonyl (C=O) groups excluding carboxylic acids is 2. The molecule has 0 aliphatic carbocycles. The summed E-state index contributed by atoms with van der Waals surface area (Å²) in [6, 6.07) is 14.5. The third-order valence-corrected chi connectivity index (χ3v) is 4.73. The smallest absolute Gasteiger partial charge is 0.263 e. The van der Waals surface area contributed by atoms with Gasteiger partial charge in [-0.05, 0) is 37.4 Å². The first-order chi connectivity index (χ1) is 12.4. The third-order valence-electron chi connectivity index (χ3n) is 3.63. The van der Waals surface area contributed by atoms with Crippen molar-refractivity contribution in [2.24, 2.45) is 0 Å². The van der Waals surface area contributed by atoms with Crippen LogP contribution < -0.4 is 10.1 Å². The van der Waals surface area contributed by atoms with Crippen molar-refractivity contribution in [3.63, 3.8) is 0 Å². The predicted octanol–water partition coefficient (Wildman–Crippen LogP) is 3.93. The van der Waals surface area contributed by atoms with Gasteiger partial charge in [-0.3, -0.25) is 9.59 Å². The standard InChI is InChI=1S/C19H21ClN2O3S/c1-13(25-16-10-6-4-8-14(16)20)19(24)22(2)12-18(23)21-15-9-5-7-11-17(15)26-3/h4-11,13H,12H2,1-3H3,(H,21,23)/t13-/m1/s1. The van der Waals surface area contributed by atoms with E-state index < -0.39 is 6.10 Å². The first kappa shape index (κ1) is 20.1. The van der Waals surface area contributed by atoms with E-state index in [9.17, 15) is 9.59 Å². The summed E-state index contributed by atoms with van der Waals surface area (Å²) in [7, 11) is 1.56. The molecule has 2 aromatic carbocycles. The fourth-order valence-corrected chi connectivity index (χ4v) is 3.06. The molecule has 1 N–H and O–H groups in total. The molecular formula is C19H21ClN2O3S. The second-order valence-electron chi connectivity index (χ2n) is 5.63. The van der Waals surface area contributed by atoms with Crippen molar-refractivity contribution in [2.75, 3.05) is 25.2 Å². The van der Waals surface area contributed by atoms with Gasteiger partial charge >= 0.3 is 0 Å². The van der Waals surface area contributed by atoms with Crippen LogP contribution in [0.2, 0.25) is 5.02 Å². The van der Waals surface area contributed by atoms with E-state index in [-0.39, 0.29) is 18.4 Å². The molecule has 26 heavy (non-hydrogen) atoms. The van der Waals surface area contributed by atoms with Crippen LogP contribution in [0.5, 0.6) is 5.75 Å². The lowest BCUT2D eigenvalue weighted by atomic mass is 10.3. The fraction of sp³-hybridized carbons (Fsp3) is 0.263. The molecule has 0 saturated heterocycles. The number of hydrogen-bond acceptors (Lipinski definition) is 4. The Morgan fingerprint density at radius 1 is 1.19 bits per heavy atom. The highest BCUT2D eigenvalue weighted by Gasteiger charge is 2.22. The first-order valence-corrected chi connectivity index (χ1v) is 9.61.